The maximum absolute atomic E-state index is 6.90. The van der Waals surface area contributed by atoms with Crippen molar-refractivity contribution in [2.24, 2.45) is 0 Å². The van der Waals surface area contributed by atoms with Crippen LogP contribution in [0.25, 0.3) is 0 Å². The Kier molecular flexibility index (Phi) is 5.10. The van der Waals surface area contributed by atoms with E-state index in [0.717, 1.165) is 5.33 Å². The van der Waals surface area contributed by atoms with Gasteiger partial charge in [-0.1, -0.05) is 67.7 Å². The molecule has 1 unspecified atom stereocenters. The van der Waals surface area contributed by atoms with Gasteiger partial charge in [-0.2, -0.15) is 0 Å². The van der Waals surface area contributed by atoms with E-state index in [2.05, 4.69) is 68.0 Å². The van der Waals surface area contributed by atoms with E-state index in [1.165, 1.54) is 49.7 Å². The van der Waals surface area contributed by atoms with Crippen LogP contribution in [-0.2, 0) is 15.2 Å². The maximum Gasteiger partial charge on any atom is 0.192 e. The molecule has 3 rings (SSSR count). The minimum absolute atomic E-state index is 0.267. The molecule has 134 valence electrons. The first-order valence-corrected chi connectivity index (χ1v) is 13.6. The second-order valence-corrected chi connectivity index (χ2v) is 14.8. The average Bonchev–Trinajstić information content (AvgIpc) is 2.98. The van der Waals surface area contributed by atoms with Crippen LogP contribution in [0.15, 0.2) is 18.2 Å². The van der Waals surface area contributed by atoms with Crippen LogP contribution < -0.4 is 0 Å². The number of hydrogen-bond acceptors (Lipinski definition) is 1. The maximum atomic E-state index is 6.90. The lowest BCUT2D eigenvalue weighted by atomic mass is 9.68. The summed E-state index contributed by atoms with van der Waals surface area (Å²) in [5.74, 6) is 0. The largest absolute Gasteiger partial charge is 0.410 e. The summed E-state index contributed by atoms with van der Waals surface area (Å²) >= 11 is 3.64. The Labute approximate surface area is 157 Å². The lowest BCUT2D eigenvalue weighted by Crippen LogP contribution is -2.43. The molecule has 0 radical (unpaired) electrons. The normalized spacial score (nSPS) is 23.5. The van der Waals surface area contributed by atoms with Crippen molar-refractivity contribution >= 4 is 24.2 Å². The van der Waals surface area contributed by atoms with Crippen molar-refractivity contribution in [1.82, 2.24) is 0 Å². The molecule has 1 fully saturated rings. The van der Waals surface area contributed by atoms with E-state index < -0.39 is 8.32 Å². The van der Waals surface area contributed by atoms with E-state index in [1.807, 2.05) is 0 Å². The third kappa shape index (κ3) is 3.28. The van der Waals surface area contributed by atoms with Gasteiger partial charge < -0.3 is 4.43 Å². The highest BCUT2D eigenvalue weighted by Crippen LogP contribution is 2.53. The molecular weight excluding hydrogens is 376 g/mol. The predicted octanol–water partition coefficient (Wildman–Crippen LogP) is 7.25. The molecule has 1 saturated carbocycles. The van der Waals surface area contributed by atoms with Crippen molar-refractivity contribution in [3.05, 3.63) is 34.9 Å². The Balaban J connectivity index is 1.98. The molecule has 1 nitrogen and oxygen atoms in total. The van der Waals surface area contributed by atoms with Crippen molar-refractivity contribution in [2.75, 3.05) is 0 Å². The number of benzene rings is 1. The summed E-state index contributed by atoms with van der Waals surface area (Å²) < 4.78 is 6.90. The first-order valence-electron chi connectivity index (χ1n) is 9.56. The summed E-state index contributed by atoms with van der Waals surface area (Å²) in [5, 5.41) is 1.20. The van der Waals surface area contributed by atoms with Gasteiger partial charge in [0.25, 0.3) is 0 Å². The molecule has 24 heavy (non-hydrogen) atoms. The average molecular weight is 409 g/mol. The SMILES string of the molecule is CC(C)(C)[Si](C)(C)OC1CCC2(CCCC2)c2ccc(CBr)cc21. The summed E-state index contributed by atoms with van der Waals surface area (Å²) in [6.45, 7) is 11.8. The van der Waals surface area contributed by atoms with E-state index in [9.17, 15) is 0 Å². The standard InChI is InChI=1S/C21H33BrOSi/c1-20(2,3)24(4,5)23-19-10-13-21(11-6-7-12-21)18-9-8-16(15-22)14-17(18)19/h8-9,14,19H,6-7,10-13,15H2,1-5H3. The van der Waals surface area contributed by atoms with Crippen molar-refractivity contribution in [1.29, 1.82) is 0 Å². The van der Waals surface area contributed by atoms with Gasteiger partial charge in [-0.25, -0.2) is 0 Å². The van der Waals surface area contributed by atoms with Gasteiger partial charge in [0.1, 0.15) is 0 Å². The van der Waals surface area contributed by atoms with Gasteiger partial charge in [-0.3, -0.25) is 0 Å². The molecule has 0 bridgehead atoms. The fourth-order valence-corrected chi connectivity index (χ4v) is 6.03. The molecule has 0 heterocycles. The van der Waals surface area contributed by atoms with E-state index in [0.29, 0.717) is 11.5 Å². The van der Waals surface area contributed by atoms with Crippen LogP contribution in [0.4, 0.5) is 0 Å². The first-order chi connectivity index (χ1) is 11.2. The lowest BCUT2D eigenvalue weighted by Gasteiger charge is -2.45. The lowest BCUT2D eigenvalue weighted by molar-refractivity contribution is 0.141. The smallest absolute Gasteiger partial charge is 0.192 e. The number of halogens is 1. The minimum atomic E-state index is -1.75. The van der Waals surface area contributed by atoms with Crippen LogP contribution in [0.5, 0.6) is 0 Å². The molecule has 0 aromatic heterocycles. The van der Waals surface area contributed by atoms with Crippen molar-refractivity contribution in [2.45, 2.75) is 94.3 Å². The first kappa shape index (κ1) is 18.7. The number of hydrogen-bond donors (Lipinski definition) is 0. The van der Waals surface area contributed by atoms with Crippen molar-refractivity contribution < 1.29 is 4.43 Å². The van der Waals surface area contributed by atoms with Crippen LogP contribution in [0, 0.1) is 0 Å². The van der Waals surface area contributed by atoms with Gasteiger partial charge in [0.15, 0.2) is 8.32 Å². The molecular formula is C21H33BrOSi. The van der Waals surface area contributed by atoms with Crippen LogP contribution in [0.2, 0.25) is 18.1 Å². The molecule has 1 aromatic carbocycles. The van der Waals surface area contributed by atoms with Gasteiger partial charge in [0, 0.05) is 5.33 Å². The molecule has 2 aliphatic rings. The second-order valence-electron chi connectivity index (χ2n) is 9.45. The molecule has 0 N–H and O–H groups in total. The number of fused-ring (bicyclic) bond motifs is 2. The predicted molar refractivity (Wildman–Crippen MR) is 109 cm³/mol. The van der Waals surface area contributed by atoms with Gasteiger partial charge in [-0.05, 0) is 65.9 Å². The van der Waals surface area contributed by atoms with E-state index in [1.54, 1.807) is 5.56 Å². The number of rotatable bonds is 3. The quantitative estimate of drug-likeness (QED) is 0.377. The second kappa shape index (κ2) is 6.55. The Morgan fingerprint density at radius 3 is 2.42 bits per heavy atom. The Bertz CT molecular complexity index is 596. The highest BCUT2D eigenvalue weighted by atomic mass is 79.9. The van der Waals surface area contributed by atoms with E-state index in [-0.39, 0.29) is 5.04 Å². The molecule has 3 heteroatoms. The molecule has 0 amide bonds. The third-order valence-electron chi connectivity index (χ3n) is 6.88. The number of alkyl halides is 1. The monoisotopic (exact) mass is 408 g/mol. The van der Waals surface area contributed by atoms with Gasteiger partial charge in [0.2, 0.25) is 0 Å². The molecule has 1 spiro atoms. The zero-order chi connectivity index (χ0) is 17.6. The minimum Gasteiger partial charge on any atom is -0.410 e. The molecule has 1 atom stereocenters. The van der Waals surface area contributed by atoms with E-state index in [4.69, 9.17) is 4.43 Å². The third-order valence-corrected chi connectivity index (χ3v) is 12.0. The zero-order valence-electron chi connectivity index (χ0n) is 16.0. The van der Waals surface area contributed by atoms with Gasteiger partial charge in [0.05, 0.1) is 6.10 Å². The molecule has 1 aromatic rings. The summed E-state index contributed by atoms with van der Waals surface area (Å²) in [5.41, 5.74) is 4.95. The van der Waals surface area contributed by atoms with E-state index >= 15 is 0 Å². The van der Waals surface area contributed by atoms with Crippen molar-refractivity contribution in [3.63, 3.8) is 0 Å². The van der Waals surface area contributed by atoms with Gasteiger partial charge >= 0.3 is 0 Å². The highest BCUT2D eigenvalue weighted by molar-refractivity contribution is 9.08. The fraction of sp³-hybridized carbons (Fsp3) is 0.714. The topological polar surface area (TPSA) is 9.23 Å². The fourth-order valence-electron chi connectivity index (χ4n) is 4.37. The van der Waals surface area contributed by atoms with Crippen LogP contribution >= 0.6 is 15.9 Å². The summed E-state index contributed by atoms with van der Waals surface area (Å²) in [4.78, 5) is 0. The summed E-state index contributed by atoms with van der Waals surface area (Å²) in [6.07, 6.45) is 8.35. The van der Waals surface area contributed by atoms with Crippen LogP contribution in [0.1, 0.15) is 82.1 Å². The summed E-state index contributed by atoms with van der Waals surface area (Å²) in [7, 11) is -1.75. The Hall–Kier alpha value is -0.123. The van der Waals surface area contributed by atoms with Crippen LogP contribution in [0.3, 0.4) is 0 Å². The molecule has 2 aliphatic carbocycles. The highest BCUT2D eigenvalue weighted by Gasteiger charge is 2.45. The molecule has 0 aliphatic heterocycles. The summed E-state index contributed by atoms with van der Waals surface area (Å²) in [6, 6.07) is 7.18. The molecule has 0 saturated heterocycles. The van der Waals surface area contributed by atoms with Crippen molar-refractivity contribution in [3.8, 4) is 0 Å². The van der Waals surface area contributed by atoms with Crippen LogP contribution in [-0.4, -0.2) is 8.32 Å². The Morgan fingerprint density at radius 2 is 1.83 bits per heavy atom. The zero-order valence-corrected chi connectivity index (χ0v) is 18.6. The Morgan fingerprint density at radius 1 is 1.17 bits per heavy atom. The van der Waals surface area contributed by atoms with Gasteiger partial charge in [-0.15, -0.1) is 0 Å².